The smallest absolute Gasteiger partial charge is 0.326 e. The Morgan fingerprint density at radius 3 is 2.19 bits per heavy atom. The van der Waals surface area contributed by atoms with E-state index >= 15 is 0 Å². The molecule has 0 fully saturated rings. The molecule has 0 bridgehead atoms. The third-order valence-corrected chi connectivity index (χ3v) is 4.14. The minimum Gasteiger partial charge on any atom is -0.490 e. The van der Waals surface area contributed by atoms with Gasteiger partial charge in [0.25, 0.3) is 0 Å². The zero-order valence-electron chi connectivity index (χ0n) is 16.6. The molecular weight excluding hydrogens is 334 g/mol. The maximum Gasteiger partial charge on any atom is 0.326 e. The summed E-state index contributed by atoms with van der Waals surface area (Å²) in [6, 6.07) is 4.47. The van der Waals surface area contributed by atoms with Gasteiger partial charge >= 0.3 is 5.97 Å². The molecular formula is C20H31NO5. The average Bonchev–Trinajstić information content (AvgIpc) is 2.55. The van der Waals surface area contributed by atoms with Gasteiger partial charge < -0.3 is 19.9 Å². The summed E-state index contributed by atoms with van der Waals surface area (Å²) in [5.41, 5.74) is -0.183. The summed E-state index contributed by atoms with van der Waals surface area (Å²) in [6.07, 6.45) is 0.380. The van der Waals surface area contributed by atoms with Crippen molar-refractivity contribution in [3.8, 4) is 11.5 Å². The number of nitrogens with one attached hydrogen (secondary N) is 1. The minimum absolute atomic E-state index is 0.162. The van der Waals surface area contributed by atoms with E-state index in [1.807, 2.05) is 33.8 Å². The Morgan fingerprint density at radius 2 is 1.69 bits per heavy atom. The van der Waals surface area contributed by atoms with Gasteiger partial charge in [0.15, 0.2) is 11.5 Å². The number of benzene rings is 1. The Kier molecular flexibility index (Phi) is 7.93. The highest BCUT2D eigenvalue weighted by Crippen LogP contribution is 2.34. The lowest BCUT2D eigenvalue weighted by atomic mass is 9.83. The van der Waals surface area contributed by atoms with Crippen LogP contribution in [0, 0.1) is 5.92 Å². The van der Waals surface area contributed by atoms with Crippen LogP contribution in [0.15, 0.2) is 18.2 Å². The second-order valence-corrected chi connectivity index (χ2v) is 7.15. The van der Waals surface area contributed by atoms with E-state index in [1.165, 1.54) is 0 Å². The first kappa shape index (κ1) is 21.8. The van der Waals surface area contributed by atoms with Crippen LogP contribution in [0.25, 0.3) is 0 Å². The van der Waals surface area contributed by atoms with Crippen molar-refractivity contribution in [1.29, 1.82) is 0 Å². The van der Waals surface area contributed by atoms with Gasteiger partial charge in [-0.2, -0.15) is 0 Å². The molecule has 26 heavy (non-hydrogen) atoms. The Bertz CT molecular complexity index is 625. The quantitative estimate of drug-likeness (QED) is 0.664. The van der Waals surface area contributed by atoms with E-state index in [9.17, 15) is 14.7 Å². The Balaban J connectivity index is 3.09. The molecule has 0 aliphatic rings. The highest BCUT2D eigenvalue weighted by atomic mass is 16.5. The number of ether oxygens (including phenoxy) is 2. The lowest BCUT2D eigenvalue weighted by Crippen LogP contribution is -2.48. The van der Waals surface area contributed by atoms with Crippen LogP contribution in [0.4, 0.5) is 0 Å². The van der Waals surface area contributed by atoms with Gasteiger partial charge in [-0.1, -0.05) is 19.9 Å². The fourth-order valence-electron chi connectivity index (χ4n) is 2.60. The summed E-state index contributed by atoms with van der Waals surface area (Å²) in [6.45, 7) is 12.1. The van der Waals surface area contributed by atoms with Gasteiger partial charge in [0.1, 0.15) is 6.04 Å². The van der Waals surface area contributed by atoms with Crippen molar-refractivity contribution in [2.75, 3.05) is 13.2 Å². The zero-order chi connectivity index (χ0) is 19.9. The van der Waals surface area contributed by atoms with Crippen molar-refractivity contribution in [2.24, 2.45) is 5.92 Å². The molecule has 1 amide bonds. The van der Waals surface area contributed by atoms with E-state index in [4.69, 9.17) is 9.47 Å². The van der Waals surface area contributed by atoms with Crippen LogP contribution >= 0.6 is 0 Å². The standard InChI is InChI=1S/C20H31NO5/c1-7-25-16-10-9-14(12-17(16)26-8-2)20(5,6)19(24)21-15(18(22)23)11-13(3)4/h9-10,12-13,15H,7-8,11H2,1-6H3,(H,21,24)(H,22,23)/t15-/m1/s1. The first-order valence-corrected chi connectivity index (χ1v) is 9.07. The maximum atomic E-state index is 12.8. The van der Waals surface area contributed by atoms with Crippen molar-refractivity contribution in [1.82, 2.24) is 5.32 Å². The van der Waals surface area contributed by atoms with Crippen molar-refractivity contribution < 1.29 is 24.2 Å². The van der Waals surface area contributed by atoms with Gasteiger partial charge in [-0.25, -0.2) is 4.79 Å². The number of amides is 1. The Hall–Kier alpha value is -2.24. The van der Waals surface area contributed by atoms with Crippen LogP contribution in [0.2, 0.25) is 0 Å². The van der Waals surface area contributed by atoms with Crippen molar-refractivity contribution in [2.45, 2.75) is 59.4 Å². The second-order valence-electron chi connectivity index (χ2n) is 7.15. The van der Waals surface area contributed by atoms with Crippen LogP contribution in [-0.2, 0) is 15.0 Å². The van der Waals surface area contributed by atoms with Gasteiger partial charge in [-0.3, -0.25) is 4.79 Å². The van der Waals surface area contributed by atoms with E-state index in [1.54, 1.807) is 26.0 Å². The molecule has 1 aromatic carbocycles. The molecule has 2 N–H and O–H groups in total. The Morgan fingerprint density at radius 1 is 1.12 bits per heavy atom. The molecule has 1 rings (SSSR count). The molecule has 0 saturated carbocycles. The van der Waals surface area contributed by atoms with Crippen LogP contribution in [0.3, 0.4) is 0 Å². The monoisotopic (exact) mass is 365 g/mol. The summed E-state index contributed by atoms with van der Waals surface area (Å²) >= 11 is 0. The molecule has 0 heterocycles. The highest BCUT2D eigenvalue weighted by Gasteiger charge is 2.34. The van der Waals surface area contributed by atoms with Crippen molar-refractivity contribution in [3.05, 3.63) is 23.8 Å². The largest absolute Gasteiger partial charge is 0.490 e. The number of rotatable bonds is 10. The predicted octanol–water partition coefficient (Wildman–Crippen LogP) is 3.38. The molecule has 0 aromatic heterocycles. The summed E-state index contributed by atoms with van der Waals surface area (Å²) < 4.78 is 11.2. The number of hydrogen-bond donors (Lipinski definition) is 2. The topological polar surface area (TPSA) is 84.9 Å². The van der Waals surface area contributed by atoms with Gasteiger partial charge in [0, 0.05) is 0 Å². The summed E-state index contributed by atoms with van der Waals surface area (Å²) in [5, 5.41) is 12.0. The molecule has 6 heteroatoms. The van der Waals surface area contributed by atoms with Gasteiger partial charge in [0.2, 0.25) is 5.91 Å². The van der Waals surface area contributed by atoms with Crippen molar-refractivity contribution >= 4 is 11.9 Å². The van der Waals surface area contributed by atoms with Gasteiger partial charge in [-0.15, -0.1) is 0 Å². The van der Waals surface area contributed by atoms with Crippen LogP contribution in [0.5, 0.6) is 11.5 Å². The summed E-state index contributed by atoms with van der Waals surface area (Å²) in [5.74, 6) is -0.00142. The molecule has 1 atom stereocenters. The zero-order valence-corrected chi connectivity index (χ0v) is 16.6. The molecule has 0 radical (unpaired) electrons. The van der Waals surface area contributed by atoms with Crippen LogP contribution in [-0.4, -0.2) is 36.2 Å². The first-order valence-electron chi connectivity index (χ1n) is 9.07. The van der Waals surface area contributed by atoms with E-state index in [0.29, 0.717) is 31.1 Å². The second kappa shape index (κ2) is 9.46. The maximum absolute atomic E-state index is 12.8. The number of hydrogen-bond acceptors (Lipinski definition) is 4. The number of carboxylic acids is 1. The molecule has 0 spiro atoms. The molecule has 0 aliphatic heterocycles. The molecule has 0 aliphatic carbocycles. The number of carboxylic acid groups (broad SMARTS) is 1. The fourth-order valence-corrected chi connectivity index (χ4v) is 2.60. The van der Waals surface area contributed by atoms with E-state index in [2.05, 4.69) is 5.32 Å². The normalized spacial score (nSPS) is 12.6. The summed E-state index contributed by atoms with van der Waals surface area (Å²) in [4.78, 5) is 24.2. The molecule has 0 saturated heterocycles. The van der Waals surface area contributed by atoms with E-state index in [-0.39, 0.29) is 11.8 Å². The van der Waals surface area contributed by atoms with Crippen LogP contribution in [0.1, 0.15) is 53.5 Å². The summed E-state index contributed by atoms with van der Waals surface area (Å²) in [7, 11) is 0. The predicted molar refractivity (Wildman–Crippen MR) is 101 cm³/mol. The lowest BCUT2D eigenvalue weighted by molar-refractivity contribution is -0.143. The molecule has 1 aromatic rings. The Labute approximate surface area is 155 Å². The van der Waals surface area contributed by atoms with Crippen LogP contribution < -0.4 is 14.8 Å². The number of aliphatic carboxylic acids is 1. The minimum atomic E-state index is -1.02. The fraction of sp³-hybridized carbons (Fsp3) is 0.600. The number of carbonyl (C=O) groups is 2. The van der Waals surface area contributed by atoms with Gasteiger partial charge in [0.05, 0.1) is 18.6 Å². The van der Waals surface area contributed by atoms with Gasteiger partial charge in [-0.05, 0) is 57.7 Å². The highest BCUT2D eigenvalue weighted by molar-refractivity contribution is 5.91. The third-order valence-electron chi connectivity index (χ3n) is 4.14. The van der Waals surface area contributed by atoms with Crippen molar-refractivity contribution in [3.63, 3.8) is 0 Å². The average molecular weight is 365 g/mol. The SMILES string of the molecule is CCOc1ccc(C(C)(C)C(=O)N[C@H](CC(C)C)C(=O)O)cc1OCC. The molecule has 0 unspecified atom stereocenters. The first-order chi connectivity index (χ1) is 12.1. The molecule has 146 valence electrons. The van der Waals surface area contributed by atoms with E-state index < -0.39 is 17.4 Å². The molecule has 6 nitrogen and oxygen atoms in total. The number of carbonyl (C=O) groups excluding carboxylic acids is 1. The van der Waals surface area contributed by atoms with E-state index in [0.717, 1.165) is 5.56 Å². The third kappa shape index (κ3) is 5.64. The lowest BCUT2D eigenvalue weighted by Gasteiger charge is -2.27.